The van der Waals surface area contributed by atoms with E-state index < -0.39 is 0 Å². The van der Waals surface area contributed by atoms with Crippen molar-refractivity contribution in [2.45, 2.75) is 57.2 Å². The van der Waals surface area contributed by atoms with Crippen LogP contribution in [0.1, 0.15) is 49.7 Å². The van der Waals surface area contributed by atoms with Gasteiger partial charge in [-0.2, -0.15) is 0 Å². The number of aliphatic hydroxyl groups excluding tert-OH is 2. The van der Waals surface area contributed by atoms with Crippen LogP contribution < -0.4 is 0 Å². The van der Waals surface area contributed by atoms with Gasteiger partial charge in [0.15, 0.2) is 0 Å². The van der Waals surface area contributed by atoms with Crippen molar-refractivity contribution >= 4 is 0 Å². The third-order valence-corrected chi connectivity index (χ3v) is 6.56. The molecule has 0 amide bonds. The number of benzene rings is 1. The van der Waals surface area contributed by atoms with E-state index >= 15 is 0 Å². The Morgan fingerprint density at radius 1 is 1.10 bits per heavy atom. The number of aliphatic hydroxyl groups is 2. The van der Waals surface area contributed by atoms with E-state index in [2.05, 4.69) is 31.2 Å². The minimum Gasteiger partial charge on any atom is -0.393 e. The molecule has 0 saturated heterocycles. The fourth-order valence-corrected chi connectivity index (χ4v) is 5.58. The number of rotatable bonds is 0. The zero-order valence-electron chi connectivity index (χ0n) is 12.1. The first-order valence-electron chi connectivity index (χ1n) is 8.05. The second-order valence-electron chi connectivity index (χ2n) is 7.40. The average molecular weight is 272 g/mol. The molecule has 2 fully saturated rings. The molecule has 0 spiro atoms. The van der Waals surface area contributed by atoms with Crippen LogP contribution >= 0.6 is 0 Å². The minimum absolute atomic E-state index is 0.0626. The van der Waals surface area contributed by atoms with Gasteiger partial charge >= 0.3 is 0 Å². The molecule has 0 radical (unpaired) electrons. The second kappa shape index (κ2) is 4.32. The van der Waals surface area contributed by atoms with Crippen molar-refractivity contribution in [3.05, 3.63) is 35.4 Å². The molecule has 4 rings (SSSR count). The zero-order chi connectivity index (χ0) is 13.9. The highest BCUT2D eigenvalue weighted by molar-refractivity contribution is 5.36. The zero-order valence-corrected chi connectivity index (χ0v) is 12.1. The van der Waals surface area contributed by atoms with Gasteiger partial charge in [-0.15, -0.1) is 0 Å². The van der Waals surface area contributed by atoms with Crippen LogP contribution in [-0.2, 0) is 6.42 Å². The predicted molar refractivity (Wildman–Crippen MR) is 78.5 cm³/mol. The van der Waals surface area contributed by atoms with Crippen LogP contribution in [0, 0.1) is 17.3 Å². The molecule has 0 unspecified atom stereocenters. The van der Waals surface area contributed by atoms with Crippen molar-refractivity contribution < 1.29 is 10.2 Å². The molecule has 20 heavy (non-hydrogen) atoms. The molecular formula is C18H24O2. The van der Waals surface area contributed by atoms with Gasteiger partial charge in [-0.1, -0.05) is 31.2 Å². The summed E-state index contributed by atoms with van der Waals surface area (Å²) in [5, 5.41) is 21.1. The van der Waals surface area contributed by atoms with E-state index in [0.29, 0.717) is 17.8 Å². The molecule has 6 atom stereocenters. The lowest BCUT2D eigenvalue weighted by atomic mass is 9.54. The van der Waals surface area contributed by atoms with E-state index in [1.165, 1.54) is 17.5 Å². The summed E-state index contributed by atoms with van der Waals surface area (Å²) < 4.78 is 0. The van der Waals surface area contributed by atoms with Crippen LogP contribution in [0.2, 0.25) is 0 Å². The molecule has 0 bridgehead atoms. The van der Waals surface area contributed by atoms with Gasteiger partial charge in [0, 0.05) is 5.92 Å². The first-order chi connectivity index (χ1) is 9.61. The standard InChI is InChI=1S/C18H24O2/c1-18-10-15(19)17-12-5-3-2-4-11(12)6-7-13(17)14(18)8-9-16(18)20/h2-5,13-17,19-20H,6-10H2,1H3/t13-,14-,15+,16-,17+,18-/m0/s1. The second-order valence-corrected chi connectivity index (χ2v) is 7.40. The maximum Gasteiger partial charge on any atom is 0.0617 e. The summed E-state index contributed by atoms with van der Waals surface area (Å²) in [6.07, 6.45) is 4.59. The third kappa shape index (κ3) is 1.58. The lowest BCUT2D eigenvalue weighted by Gasteiger charge is -2.52. The Kier molecular flexibility index (Phi) is 2.77. The minimum atomic E-state index is -0.296. The molecule has 2 heteroatoms. The molecule has 1 aromatic rings. The predicted octanol–water partition coefficient (Wildman–Crippen LogP) is 2.87. The summed E-state index contributed by atoms with van der Waals surface area (Å²) in [4.78, 5) is 0. The molecule has 0 aromatic heterocycles. The van der Waals surface area contributed by atoms with Gasteiger partial charge in [0.2, 0.25) is 0 Å². The molecule has 1 aromatic carbocycles. The summed E-state index contributed by atoms with van der Waals surface area (Å²) in [6.45, 7) is 2.20. The maximum atomic E-state index is 10.8. The number of aryl methyl sites for hydroxylation is 1. The molecule has 3 aliphatic rings. The lowest BCUT2D eigenvalue weighted by Crippen LogP contribution is -2.50. The fraction of sp³-hybridized carbons (Fsp3) is 0.667. The molecule has 2 N–H and O–H groups in total. The van der Waals surface area contributed by atoms with Crippen LogP contribution in [-0.4, -0.2) is 22.4 Å². The molecule has 2 saturated carbocycles. The van der Waals surface area contributed by atoms with E-state index in [-0.39, 0.29) is 17.6 Å². The quantitative estimate of drug-likeness (QED) is 0.762. The van der Waals surface area contributed by atoms with Gasteiger partial charge in [-0.05, 0) is 60.5 Å². The Labute approximate surface area is 120 Å². The van der Waals surface area contributed by atoms with Crippen LogP contribution in [0.5, 0.6) is 0 Å². The smallest absolute Gasteiger partial charge is 0.0617 e. The monoisotopic (exact) mass is 272 g/mol. The summed E-state index contributed by atoms with van der Waals surface area (Å²) in [6, 6.07) is 8.64. The highest BCUT2D eigenvalue weighted by atomic mass is 16.3. The molecule has 108 valence electrons. The van der Waals surface area contributed by atoms with Crippen LogP contribution in [0.15, 0.2) is 24.3 Å². The third-order valence-electron chi connectivity index (χ3n) is 6.56. The highest BCUT2D eigenvalue weighted by Crippen LogP contribution is 2.60. The lowest BCUT2D eigenvalue weighted by molar-refractivity contribution is -0.0798. The summed E-state index contributed by atoms with van der Waals surface area (Å²) in [7, 11) is 0. The molecule has 3 aliphatic carbocycles. The van der Waals surface area contributed by atoms with Gasteiger partial charge in [0.05, 0.1) is 12.2 Å². The number of hydrogen-bond acceptors (Lipinski definition) is 2. The van der Waals surface area contributed by atoms with E-state index in [9.17, 15) is 10.2 Å². The van der Waals surface area contributed by atoms with Crippen molar-refractivity contribution in [2.75, 3.05) is 0 Å². The van der Waals surface area contributed by atoms with Crippen molar-refractivity contribution in [3.8, 4) is 0 Å². The normalized spacial score (nSPS) is 46.5. The fourth-order valence-electron chi connectivity index (χ4n) is 5.58. The van der Waals surface area contributed by atoms with Gasteiger partial charge in [-0.3, -0.25) is 0 Å². The highest BCUT2D eigenvalue weighted by Gasteiger charge is 2.57. The van der Waals surface area contributed by atoms with Gasteiger partial charge in [0.1, 0.15) is 0 Å². The van der Waals surface area contributed by atoms with Crippen molar-refractivity contribution in [1.82, 2.24) is 0 Å². The van der Waals surface area contributed by atoms with E-state index in [4.69, 9.17) is 0 Å². The van der Waals surface area contributed by atoms with Crippen LogP contribution in [0.3, 0.4) is 0 Å². The Hall–Kier alpha value is -0.860. The van der Waals surface area contributed by atoms with Crippen molar-refractivity contribution in [3.63, 3.8) is 0 Å². The molecule has 2 nitrogen and oxygen atoms in total. The largest absolute Gasteiger partial charge is 0.393 e. The SMILES string of the molecule is C[C@]12C[C@@H](O)[C@@H]3c4ccccc4CC[C@H]3[C@@H]1CC[C@@H]2O. The topological polar surface area (TPSA) is 40.5 Å². The molecule has 0 aliphatic heterocycles. The van der Waals surface area contributed by atoms with Crippen molar-refractivity contribution in [2.24, 2.45) is 17.3 Å². The Balaban J connectivity index is 1.77. The summed E-state index contributed by atoms with van der Waals surface area (Å²) >= 11 is 0. The first-order valence-corrected chi connectivity index (χ1v) is 8.05. The average Bonchev–Trinajstić information content (AvgIpc) is 2.74. The van der Waals surface area contributed by atoms with Crippen molar-refractivity contribution in [1.29, 1.82) is 0 Å². The maximum absolute atomic E-state index is 10.8. The first kappa shape index (κ1) is 12.8. The van der Waals surface area contributed by atoms with E-state index in [0.717, 1.165) is 25.7 Å². The molecular weight excluding hydrogens is 248 g/mol. The van der Waals surface area contributed by atoms with E-state index in [1.807, 2.05) is 0 Å². The van der Waals surface area contributed by atoms with Crippen LogP contribution in [0.4, 0.5) is 0 Å². The van der Waals surface area contributed by atoms with Gasteiger partial charge in [-0.25, -0.2) is 0 Å². The summed E-state index contributed by atoms with van der Waals surface area (Å²) in [5.74, 6) is 1.43. The van der Waals surface area contributed by atoms with Gasteiger partial charge in [0.25, 0.3) is 0 Å². The van der Waals surface area contributed by atoms with Gasteiger partial charge < -0.3 is 10.2 Å². The molecule has 0 heterocycles. The Morgan fingerprint density at radius 2 is 1.90 bits per heavy atom. The Morgan fingerprint density at radius 3 is 2.75 bits per heavy atom. The van der Waals surface area contributed by atoms with Crippen LogP contribution in [0.25, 0.3) is 0 Å². The summed E-state index contributed by atoms with van der Waals surface area (Å²) in [5.41, 5.74) is 2.74. The number of hydrogen-bond donors (Lipinski definition) is 2. The van der Waals surface area contributed by atoms with E-state index in [1.54, 1.807) is 0 Å². The number of fused-ring (bicyclic) bond motifs is 5. The Bertz CT molecular complexity index is 526.